The van der Waals surface area contributed by atoms with Crippen LogP contribution in [0.2, 0.25) is 10.0 Å². The van der Waals surface area contributed by atoms with Gasteiger partial charge >= 0.3 is 0 Å². The van der Waals surface area contributed by atoms with Gasteiger partial charge in [0.1, 0.15) is 57.2 Å². The molecule has 21 heterocycles. The molecule has 7 unspecified atom stereocenters. The van der Waals surface area contributed by atoms with Gasteiger partial charge in [-0.1, -0.05) is 161 Å². The molecule has 1 N–H and O–H groups in total. The van der Waals surface area contributed by atoms with E-state index in [9.17, 15) is 8.78 Å². The Morgan fingerprint density at radius 3 is 0.745 bits per heavy atom. The fourth-order valence-electron chi connectivity index (χ4n) is 27.0. The third-order valence-corrected chi connectivity index (χ3v) is 37.5. The molecule has 28 rings (SSSR count). The number of methoxy groups -OCH3 is 1. The molecule has 30 nitrogen and oxygen atoms in total. The molecule has 0 amide bonds. The Morgan fingerprint density at radius 2 is 0.490 bits per heavy atom. The lowest BCUT2D eigenvalue weighted by Gasteiger charge is -2.36. The summed E-state index contributed by atoms with van der Waals surface area (Å²) < 4.78 is 46.9. The molecule has 782 valence electrons. The van der Waals surface area contributed by atoms with Crippen molar-refractivity contribution < 1.29 is 18.6 Å². The van der Waals surface area contributed by atoms with Crippen molar-refractivity contribution in [3.63, 3.8) is 0 Å². The number of fused-ring (bicyclic) bond motifs is 14. The number of aromatic nitrogens is 21. The van der Waals surface area contributed by atoms with Gasteiger partial charge in [-0.05, 0) is 320 Å². The zero-order valence-electron chi connectivity index (χ0n) is 86.6. The minimum absolute atomic E-state index is 0.0747. The van der Waals surface area contributed by atoms with Gasteiger partial charge in [0.15, 0.2) is 0 Å². The van der Waals surface area contributed by atoms with Crippen LogP contribution in [-0.4, -0.2) is 285 Å². The quantitative estimate of drug-likeness (QED) is 0.0941. The van der Waals surface area contributed by atoms with E-state index in [2.05, 4.69) is 240 Å². The predicted octanol–water partition coefficient (Wildman–Crippen LogP) is 21.0. The van der Waals surface area contributed by atoms with E-state index in [-0.39, 0.29) is 18.2 Å². The first-order valence-corrected chi connectivity index (χ1v) is 55.7. The number of piperidine rings is 7. The molecule has 14 aliphatic heterocycles. The van der Waals surface area contributed by atoms with Crippen LogP contribution >= 0.6 is 39.1 Å². The number of nitrogens with zero attached hydrogens (tertiary/aromatic N) is 28. The summed E-state index contributed by atoms with van der Waals surface area (Å²) >= 11 is 15.5. The summed E-state index contributed by atoms with van der Waals surface area (Å²) in [5.41, 5.74) is 14.2. The monoisotopic (exact) mass is 2120 g/mol. The Hall–Kier alpha value is -11.1. The third-order valence-electron chi connectivity index (χ3n) is 36.2. The minimum Gasteiger partial charge on any atom is -0.497 e. The predicted molar refractivity (Wildman–Crippen MR) is 578 cm³/mol. The van der Waals surface area contributed by atoms with E-state index >= 15 is 0 Å². The maximum atomic E-state index is 13.3. The van der Waals surface area contributed by atoms with Crippen LogP contribution in [-0.2, 0) is 6.61 Å². The van der Waals surface area contributed by atoms with Crippen LogP contribution in [0, 0.1) is 11.6 Å². The van der Waals surface area contributed by atoms with Crippen LogP contribution in [0.15, 0.2) is 218 Å². The molecule has 14 aliphatic rings. The topological polar surface area (TPSA) is 267 Å². The lowest BCUT2D eigenvalue weighted by molar-refractivity contribution is 0.130. The normalized spacial score (nSPS) is 28.7. The second kappa shape index (κ2) is 45.4. The Bertz CT molecular complexity index is 6450. The molecule has 0 radical (unpaired) electrons. The zero-order chi connectivity index (χ0) is 102. The number of aliphatic hydroxyl groups excluding tert-OH is 1. The SMILES string of the molecule is CN1[C@@H]2CC[C@H]1CC(n1cc(-c3ccc(Br)cc3)nn1)C2.CN1[C@@H]2CC[C@H]1CC(n1cc(-c3ccc(CO)cc3)nn1)C2.CN1[C@@H]2CC[C@H]1CC(n1cc(-c3ccc(Cl)c(Cl)c3)nn1)C2.CN1[C@@H]2CC[C@H]1CC(n1cc(-c3ccc(F)cc3)nn1)C2.CN1[C@@H]2CC[C@H]1CC(n1cc(-c3cccc(F)c3)nn1)C2.CN1[C@@H]2CC[C@H]1CC(n1cc(-c3ccccc3)nn1)C2.COc1ccc(-c2cn(C3C[C@H]4CC[C@@H](C3)N4C)nn2)cc1. The maximum absolute atomic E-state index is 13.3. The molecule has 0 aliphatic carbocycles. The van der Waals surface area contributed by atoms with E-state index in [1.165, 1.54) is 166 Å². The average molecular weight is 2120 g/mol. The molecule has 14 bridgehead atoms. The van der Waals surface area contributed by atoms with Gasteiger partial charge < -0.3 is 44.1 Å². The molecule has 35 heteroatoms. The number of hydrogen-bond donors (Lipinski definition) is 1. The van der Waals surface area contributed by atoms with Crippen molar-refractivity contribution in [1.82, 2.24) is 139 Å². The number of hydrogen-bond acceptors (Lipinski definition) is 23. The summed E-state index contributed by atoms with van der Waals surface area (Å²) in [5, 5.41) is 71.0. The van der Waals surface area contributed by atoms with Crippen LogP contribution in [0.25, 0.3) is 78.8 Å². The lowest BCUT2D eigenvalue weighted by Crippen LogP contribution is -2.40. The number of halogens is 5. The van der Waals surface area contributed by atoms with Crippen molar-refractivity contribution in [2.75, 3.05) is 56.4 Å². The Balaban J connectivity index is 0.0000000984. The Morgan fingerprint density at radius 1 is 0.262 bits per heavy atom. The summed E-state index contributed by atoms with van der Waals surface area (Å²) in [4.78, 5) is 17.8. The molecule has 7 aromatic carbocycles. The van der Waals surface area contributed by atoms with Gasteiger partial charge in [-0.3, -0.25) is 0 Å². The van der Waals surface area contributed by atoms with Gasteiger partial charge in [0, 0.05) is 128 Å². The van der Waals surface area contributed by atoms with Crippen LogP contribution in [0.4, 0.5) is 8.78 Å². The van der Waals surface area contributed by atoms with E-state index in [0.29, 0.717) is 101 Å². The first-order valence-electron chi connectivity index (χ1n) is 54.1. The smallest absolute Gasteiger partial charge is 0.123 e. The maximum Gasteiger partial charge on any atom is 0.123 e. The largest absolute Gasteiger partial charge is 0.497 e. The second-order valence-corrected chi connectivity index (χ2v) is 46.1. The summed E-state index contributed by atoms with van der Waals surface area (Å²) in [6.07, 6.45) is 49.4. The van der Waals surface area contributed by atoms with Crippen molar-refractivity contribution in [3.05, 3.63) is 245 Å². The van der Waals surface area contributed by atoms with Gasteiger partial charge in [-0.2, -0.15) is 0 Å². The first-order chi connectivity index (χ1) is 72.5. The van der Waals surface area contributed by atoms with Crippen LogP contribution < -0.4 is 4.74 Å². The van der Waals surface area contributed by atoms with Crippen molar-refractivity contribution in [3.8, 4) is 84.6 Å². The van der Waals surface area contributed by atoms with Gasteiger partial charge in [-0.25, -0.2) is 41.6 Å². The first kappa shape index (κ1) is 102. The van der Waals surface area contributed by atoms with Crippen molar-refractivity contribution in [1.29, 1.82) is 0 Å². The van der Waals surface area contributed by atoms with Crippen molar-refractivity contribution in [2.24, 2.45) is 0 Å². The summed E-state index contributed by atoms with van der Waals surface area (Å²) in [6.45, 7) is 0.0747. The van der Waals surface area contributed by atoms with Crippen LogP contribution in [0.1, 0.15) is 228 Å². The number of benzene rings is 7. The van der Waals surface area contributed by atoms with E-state index in [1.54, 1.807) is 31.4 Å². The second-order valence-electron chi connectivity index (χ2n) is 44.4. The molecule has 21 atom stereocenters. The molecule has 14 saturated heterocycles. The van der Waals surface area contributed by atoms with E-state index in [1.807, 2.05) is 130 Å². The number of rotatable bonds is 16. The van der Waals surface area contributed by atoms with E-state index in [0.717, 1.165) is 169 Å². The van der Waals surface area contributed by atoms with Gasteiger partial charge in [0.25, 0.3) is 0 Å². The fourth-order valence-corrected chi connectivity index (χ4v) is 27.6. The highest BCUT2D eigenvalue weighted by Gasteiger charge is 2.47. The van der Waals surface area contributed by atoms with Crippen molar-refractivity contribution in [2.45, 2.75) is 313 Å². The highest BCUT2D eigenvalue weighted by Crippen LogP contribution is 2.48. The molecule has 0 saturated carbocycles. The van der Waals surface area contributed by atoms with Gasteiger partial charge in [0.2, 0.25) is 0 Å². The highest BCUT2D eigenvalue weighted by atomic mass is 79.9. The average Bonchev–Trinajstić information content (AvgIpc) is 1.67. The van der Waals surface area contributed by atoms with Gasteiger partial charge in [-0.15, -0.1) is 35.7 Å². The van der Waals surface area contributed by atoms with E-state index in [4.69, 9.17) is 33.0 Å². The summed E-state index contributed by atoms with van der Waals surface area (Å²) in [6, 6.07) is 66.2. The molecule has 14 fully saturated rings. The summed E-state index contributed by atoms with van der Waals surface area (Å²) in [7, 11) is 17.5. The van der Waals surface area contributed by atoms with E-state index < -0.39 is 0 Å². The fraction of sp³-hybridized carbons (Fsp3) is 0.509. The summed E-state index contributed by atoms with van der Waals surface area (Å²) in [5.74, 6) is 0.403. The molecule has 0 spiro atoms. The standard InChI is InChI=1S/2C17H22N4O.C16H19BrN4.C16H18Cl2N4.2C16H19FN4.C16H20N4/c1-20-13-5-6-14(20)10-15(9-13)21-11-17(18-19-21)12-3-7-16(22-2)8-4-12;1-20-14-6-7-15(20)9-16(8-14)21-10-17(18-19-21)13-4-2-12(11-22)3-5-13;1-20-13-6-7-14(20)9-15(8-13)21-10-16(18-19-21)11-2-4-12(17)5-3-11;1-21-11-3-4-12(21)8-13(7-11)22-9-16(19-20-22)10-2-5-14(17)15(18)6-10;1-20-13-6-7-14(20)9-15(8-13)21-10-16(18-19-21)11-2-4-12(17)5-3-11;1-20-13-5-6-14(20)9-15(8-13)21-10-16(18-19-21)11-3-2-4-12(17)7-11;1-19-13-7-8-14(19)10-15(9-13)20-11-16(17-18-20)12-5-3-2-4-6-12/h3-4,7-8,11,13-15H,5-6,9-10H2,1-2H3;2-5,10,14-16,22H,6-9,11H2,1H3;2-5,10,13-15H,6-9H2,1H3;2,5-6,9,11-13H,3-4,7-8H2,1H3;2-5,10,13-15H,6-9H2,1H3;2-4,7,10,13-15H,5-6,8-9H2,1H3;2-6,11,13-15H,7-10H2,1H3/t13-,14+,15?;14-,15+,16?;13-,14+,15?;11-,12+,13?;3*13-,14+,15?. The number of aliphatic hydroxyl groups is 1. The molecule has 7 aromatic heterocycles. The highest BCUT2D eigenvalue weighted by molar-refractivity contribution is 9.10. The van der Waals surface area contributed by atoms with Crippen molar-refractivity contribution >= 4 is 39.1 Å². The third kappa shape index (κ3) is 22.9. The molecular weight excluding hydrogens is 1980 g/mol. The zero-order valence-corrected chi connectivity index (χ0v) is 89.7. The van der Waals surface area contributed by atoms with Crippen LogP contribution in [0.5, 0.6) is 5.75 Å². The Labute approximate surface area is 890 Å². The lowest BCUT2D eigenvalue weighted by atomic mass is 9.98. The Kier molecular flexibility index (Phi) is 31.2. The van der Waals surface area contributed by atoms with Crippen LogP contribution in [0.3, 0.4) is 0 Å². The number of ether oxygens (including phenoxy) is 1. The molecular formula is C114H139BrCl2F2N28O2. The molecule has 149 heavy (non-hydrogen) atoms. The van der Waals surface area contributed by atoms with Gasteiger partial charge in [0.05, 0.1) is 109 Å². The molecule has 14 aromatic rings. The minimum atomic E-state index is -0.237.